The van der Waals surface area contributed by atoms with Gasteiger partial charge in [-0.05, 0) is 48.1 Å². The molecule has 0 aliphatic carbocycles. The standard InChI is InChI=1S/C22H36O3/c1-8-17(12-14-20(23)24)25-19-13-11-16(21(4,5)9-2)15-18(19)22(6,7)10-3/h11,13,15,17H,8-10,12,14H2,1-7H3,(H,23,24). The second-order valence-electron chi connectivity index (χ2n) is 8.27. The molecule has 0 amide bonds. The van der Waals surface area contributed by atoms with Gasteiger partial charge < -0.3 is 9.84 Å². The lowest BCUT2D eigenvalue weighted by Crippen LogP contribution is -2.24. The maximum atomic E-state index is 10.9. The van der Waals surface area contributed by atoms with E-state index in [0.29, 0.717) is 6.42 Å². The van der Waals surface area contributed by atoms with Crippen molar-refractivity contribution in [2.45, 2.75) is 97.5 Å². The van der Waals surface area contributed by atoms with Crippen molar-refractivity contribution in [2.24, 2.45) is 0 Å². The fraction of sp³-hybridized carbons (Fsp3) is 0.682. The van der Waals surface area contributed by atoms with Gasteiger partial charge in [-0.3, -0.25) is 4.79 Å². The average molecular weight is 349 g/mol. The molecule has 3 nitrogen and oxygen atoms in total. The fourth-order valence-corrected chi connectivity index (χ4v) is 2.79. The molecule has 0 heterocycles. The SMILES string of the molecule is CCC(CCC(=O)O)Oc1ccc(C(C)(C)CC)cc1C(C)(C)CC. The van der Waals surface area contributed by atoms with Gasteiger partial charge in [0, 0.05) is 12.0 Å². The minimum atomic E-state index is -0.767. The van der Waals surface area contributed by atoms with Gasteiger partial charge in [0.05, 0.1) is 6.10 Å². The molecule has 0 fully saturated rings. The summed E-state index contributed by atoms with van der Waals surface area (Å²) >= 11 is 0. The number of aliphatic carboxylic acids is 1. The van der Waals surface area contributed by atoms with Crippen molar-refractivity contribution in [3.8, 4) is 5.75 Å². The highest BCUT2D eigenvalue weighted by Gasteiger charge is 2.27. The van der Waals surface area contributed by atoms with Gasteiger partial charge in [0.15, 0.2) is 0 Å². The Balaban J connectivity index is 3.23. The van der Waals surface area contributed by atoms with Gasteiger partial charge in [-0.15, -0.1) is 0 Å². The molecule has 0 aliphatic rings. The lowest BCUT2D eigenvalue weighted by Gasteiger charge is -2.31. The summed E-state index contributed by atoms with van der Waals surface area (Å²) in [6.45, 7) is 15.5. The van der Waals surface area contributed by atoms with Crippen LogP contribution in [0.2, 0.25) is 0 Å². The Morgan fingerprint density at radius 2 is 1.68 bits per heavy atom. The van der Waals surface area contributed by atoms with Crippen LogP contribution in [0.3, 0.4) is 0 Å². The summed E-state index contributed by atoms with van der Waals surface area (Å²) in [6.07, 6.45) is 3.53. The van der Waals surface area contributed by atoms with Gasteiger partial charge in [0.1, 0.15) is 5.75 Å². The highest BCUT2D eigenvalue weighted by molar-refractivity contribution is 5.66. The first-order valence-corrected chi connectivity index (χ1v) is 9.60. The Hall–Kier alpha value is -1.51. The molecule has 0 saturated heterocycles. The van der Waals surface area contributed by atoms with Crippen LogP contribution in [0.25, 0.3) is 0 Å². The summed E-state index contributed by atoms with van der Waals surface area (Å²) in [4.78, 5) is 10.9. The zero-order valence-electron chi connectivity index (χ0n) is 17.1. The zero-order valence-corrected chi connectivity index (χ0v) is 17.1. The molecule has 1 N–H and O–H groups in total. The number of benzene rings is 1. The Morgan fingerprint density at radius 1 is 1.08 bits per heavy atom. The minimum Gasteiger partial charge on any atom is -0.490 e. The number of hydrogen-bond acceptors (Lipinski definition) is 2. The van der Waals surface area contributed by atoms with E-state index in [1.54, 1.807) is 0 Å². The number of hydrogen-bond donors (Lipinski definition) is 1. The quantitative estimate of drug-likeness (QED) is 0.557. The van der Waals surface area contributed by atoms with Gasteiger partial charge in [-0.25, -0.2) is 0 Å². The van der Waals surface area contributed by atoms with Crippen LogP contribution in [0.5, 0.6) is 5.75 Å². The first-order chi connectivity index (χ1) is 11.6. The van der Waals surface area contributed by atoms with E-state index in [1.807, 2.05) is 6.92 Å². The molecule has 0 radical (unpaired) electrons. The van der Waals surface area contributed by atoms with Gasteiger partial charge in [-0.1, -0.05) is 60.6 Å². The number of carbonyl (C=O) groups is 1. The summed E-state index contributed by atoms with van der Waals surface area (Å²) in [7, 11) is 0. The number of carboxylic acids is 1. The second-order valence-corrected chi connectivity index (χ2v) is 8.27. The van der Waals surface area contributed by atoms with E-state index < -0.39 is 5.97 Å². The van der Waals surface area contributed by atoms with Crippen molar-refractivity contribution in [1.82, 2.24) is 0 Å². The summed E-state index contributed by atoms with van der Waals surface area (Å²) < 4.78 is 6.27. The van der Waals surface area contributed by atoms with Crippen molar-refractivity contribution in [3.63, 3.8) is 0 Å². The van der Waals surface area contributed by atoms with Crippen LogP contribution in [0.15, 0.2) is 18.2 Å². The molecule has 1 rings (SSSR count). The van der Waals surface area contributed by atoms with Crippen molar-refractivity contribution in [1.29, 1.82) is 0 Å². The monoisotopic (exact) mass is 348 g/mol. The van der Waals surface area contributed by atoms with Crippen molar-refractivity contribution in [2.75, 3.05) is 0 Å². The van der Waals surface area contributed by atoms with E-state index in [4.69, 9.17) is 9.84 Å². The predicted octanol–water partition coefficient (Wildman–Crippen LogP) is 6.08. The average Bonchev–Trinajstić information content (AvgIpc) is 2.58. The van der Waals surface area contributed by atoms with Crippen LogP contribution in [0, 0.1) is 0 Å². The van der Waals surface area contributed by atoms with Crippen LogP contribution in [-0.4, -0.2) is 17.2 Å². The smallest absolute Gasteiger partial charge is 0.303 e. The molecular formula is C22H36O3. The molecule has 1 aromatic carbocycles. The third-order valence-corrected chi connectivity index (χ3v) is 5.69. The Kier molecular flexibility index (Phi) is 7.52. The van der Waals surface area contributed by atoms with Gasteiger partial charge in [0.2, 0.25) is 0 Å². The summed E-state index contributed by atoms with van der Waals surface area (Å²) in [6, 6.07) is 6.55. The first-order valence-electron chi connectivity index (χ1n) is 9.60. The molecule has 0 spiro atoms. The van der Waals surface area contributed by atoms with Crippen LogP contribution in [0.1, 0.15) is 91.7 Å². The predicted molar refractivity (Wildman–Crippen MR) is 105 cm³/mol. The Bertz CT molecular complexity index is 573. The zero-order chi connectivity index (χ0) is 19.3. The first kappa shape index (κ1) is 21.5. The highest BCUT2D eigenvalue weighted by Crippen LogP contribution is 2.39. The van der Waals surface area contributed by atoms with E-state index in [-0.39, 0.29) is 23.4 Å². The van der Waals surface area contributed by atoms with Crippen LogP contribution in [-0.2, 0) is 15.6 Å². The largest absolute Gasteiger partial charge is 0.490 e. The molecule has 0 aromatic heterocycles. The normalized spacial score (nSPS) is 13.6. The molecule has 25 heavy (non-hydrogen) atoms. The van der Waals surface area contributed by atoms with E-state index in [9.17, 15) is 4.79 Å². The van der Waals surface area contributed by atoms with Gasteiger partial charge in [-0.2, -0.15) is 0 Å². The van der Waals surface area contributed by atoms with Crippen LogP contribution >= 0.6 is 0 Å². The van der Waals surface area contributed by atoms with Gasteiger partial charge >= 0.3 is 5.97 Å². The number of ether oxygens (including phenoxy) is 1. The van der Waals surface area contributed by atoms with E-state index in [0.717, 1.165) is 25.0 Å². The summed E-state index contributed by atoms with van der Waals surface area (Å²) in [5, 5.41) is 8.94. The minimum absolute atomic E-state index is 0.0141. The van der Waals surface area contributed by atoms with Crippen molar-refractivity contribution in [3.05, 3.63) is 29.3 Å². The molecule has 3 heteroatoms. The highest BCUT2D eigenvalue weighted by atomic mass is 16.5. The fourth-order valence-electron chi connectivity index (χ4n) is 2.79. The van der Waals surface area contributed by atoms with E-state index in [1.165, 1.54) is 11.1 Å². The van der Waals surface area contributed by atoms with Crippen LogP contribution in [0.4, 0.5) is 0 Å². The molecule has 1 unspecified atom stereocenters. The number of carboxylic acid groups (broad SMARTS) is 1. The lowest BCUT2D eigenvalue weighted by atomic mass is 9.76. The third-order valence-electron chi connectivity index (χ3n) is 5.69. The molecule has 1 aromatic rings. The van der Waals surface area contributed by atoms with Crippen LogP contribution < -0.4 is 4.74 Å². The lowest BCUT2D eigenvalue weighted by molar-refractivity contribution is -0.137. The van der Waals surface area contributed by atoms with Gasteiger partial charge in [0.25, 0.3) is 0 Å². The molecule has 0 saturated carbocycles. The van der Waals surface area contributed by atoms with E-state index in [2.05, 4.69) is 59.7 Å². The maximum absolute atomic E-state index is 10.9. The Labute approximate surface area is 153 Å². The topological polar surface area (TPSA) is 46.5 Å². The van der Waals surface area contributed by atoms with Crippen molar-refractivity contribution >= 4 is 5.97 Å². The third kappa shape index (κ3) is 5.76. The molecule has 0 bridgehead atoms. The summed E-state index contributed by atoms with van der Waals surface area (Å²) in [5.74, 6) is 0.135. The second kappa shape index (κ2) is 8.73. The van der Waals surface area contributed by atoms with Crippen molar-refractivity contribution < 1.29 is 14.6 Å². The molecular weight excluding hydrogens is 312 g/mol. The maximum Gasteiger partial charge on any atom is 0.303 e. The number of rotatable bonds is 10. The Morgan fingerprint density at radius 3 is 2.16 bits per heavy atom. The van der Waals surface area contributed by atoms with E-state index >= 15 is 0 Å². The molecule has 142 valence electrons. The molecule has 0 aliphatic heterocycles. The molecule has 1 atom stereocenters. The summed E-state index contributed by atoms with van der Waals surface area (Å²) in [5.41, 5.74) is 2.70.